The predicted octanol–water partition coefficient (Wildman–Crippen LogP) is 0.100. The summed E-state index contributed by atoms with van der Waals surface area (Å²) in [7, 11) is 5.61. The largest absolute Gasteiger partial charge is 0.479 e. The maximum atomic E-state index is 12.6. The fourth-order valence-corrected chi connectivity index (χ4v) is 2.82. The first-order valence-electron chi connectivity index (χ1n) is 8.22. The average molecular weight is 349 g/mol. The maximum absolute atomic E-state index is 12.6. The number of hydrogen-bond donors (Lipinski definition) is 1. The van der Waals surface area contributed by atoms with E-state index in [1.165, 1.54) is 0 Å². The van der Waals surface area contributed by atoms with Crippen molar-refractivity contribution in [2.45, 2.75) is 6.42 Å². The van der Waals surface area contributed by atoms with Gasteiger partial charge in [-0.25, -0.2) is 0 Å². The zero-order valence-corrected chi connectivity index (χ0v) is 14.8. The summed E-state index contributed by atoms with van der Waals surface area (Å²) in [6, 6.07) is 1.83. The minimum Gasteiger partial charge on any atom is -0.479 e. The van der Waals surface area contributed by atoms with Crippen LogP contribution in [-0.4, -0.2) is 75.8 Å². The second-order valence-electron chi connectivity index (χ2n) is 6.39. The molecule has 1 aromatic rings. The fourth-order valence-electron chi connectivity index (χ4n) is 2.82. The van der Waals surface area contributed by atoms with Gasteiger partial charge in [-0.2, -0.15) is 0 Å². The van der Waals surface area contributed by atoms with Gasteiger partial charge in [0.05, 0.1) is 5.56 Å². The van der Waals surface area contributed by atoms with Gasteiger partial charge in [0.25, 0.3) is 11.8 Å². The average Bonchev–Trinajstić information content (AvgIpc) is 3.03. The van der Waals surface area contributed by atoms with Gasteiger partial charge in [-0.3, -0.25) is 9.59 Å². The van der Waals surface area contributed by atoms with Crippen molar-refractivity contribution in [2.24, 2.45) is 0 Å². The number of nitrogens with one attached hydrogen (secondary N) is 1. The standard InChI is InChI=1S/C17H23N3O5/c1-19(2)7-5-18-13(21)9-23-16-14-11(4-6-20(3)17(14)22)8-12-15(16)25-10-24-12/h8H,4-7,9-10H2,1-3H3,(H,18,21). The van der Waals surface area contributed by atoms with E-state index in [1.807, 2.05) is 25.1 Å². The maximum Gasteiger partial charge on any atom is 0.257 e. The van der Waals surface area contributed by atoms with Crippen molar-refractivity contribution < 1.29 is 23.8 Å². The Bertz CT molecular complexity index is 689. The molecule has 0 spiro atoms. The number of amides is 2. The lowest BCUT2D eigenvalue weighted by Gasteiger charge is -2.27. The van der Waals surface area contributed by atoms with E-state index in [1.54, 1.807) is 11.9 Å². The molecule has 0 saturated carbocycles. The molecule has 25 heavy (non-hydrogen) atoms. The molecule has 2 heterocycles. The van der Waals surface area contributed by atoms with E-state index in [2.05, 4.69) is 5.32 Å². The van der Waals surface area contributed by atoms with E-state index in [0.29, 0.717) is 42.3 Å². The lowest BCUT2D eigenvalue weighted by Crippen LogP contribution is -2.36. The zero-order chi connectivity index (χ0) is 18.0. The van der Waals surface area contributed by atoms with Crippen molar-refractivity contribution in [2.75, 3.05) is 54.2 Å². The van der Waals surface area contributed by atoms with Gasteiger partial charge < -0.3 is 29.3 Å². The van der Waals surface area contributed by atoms with Gasteiger partial charge in [-0.15, -0.1) is 0 Å². The number of rotatable bonds is 6. The highest BCUT2D eigenvalue weighted by Crippen LogP contribution is 2.46. The second-order valence-corrected chi connectivity index (χ2v) is 6.39. The number of fused-ring (bicyclic) bond motifs is 2. The van der Waals surface area contributed by atoms with Crippen molar-refractivity contribution in [3.63, 3.8) is 0 Å². The summed E-state index contributed by atoms with van der Waals surface area (Å²) >= 11 is 0. The summed E-state index contributed by atoms with van der Waals surface area (Å²) in [5.74, 6) is 0.859. The minimum atomic E-state index is -0.247. The highest BCUT2D eigenvalue weighted by Gasteiger charge is 2.33. The summed E-state index contributed by atoms with van der Waals surface area (Å²) in [6.07, 6.45) is 0.708. The molecule has 2 amide bonds. The number of nitrogens with zero attached hydrogens (tertiary/aromatic N) is 2. The Hall–Kier alpha value is -2.48. The van der Waals surface area contributed by atoms with Crippen LogP contribution >= 0.6 is 0 Å². The molecule has 2 aliphatic rings. The molecular formula is C17H23N3O5. The van der Waals surface area contributed by atoms with Gasteiger partial charge in [0, 0.05) is 26.7 Å². The number of benzene rings is 1. The van der Waals surface area contributed by atoms with Gasteiger partial charge in [-0.05, 0) is 32.1 Å². The molecule has 0 unspecified atom stereocenters. The van der Waals surface area contributed by atoms with E-state index in [9.17, 15) is 9.59 Å². The molecule has 0 bridgehead atoms. The van der Waals surface area contributed by atoms with Gasteiger partial charge in [0.1, 0.15) is 0 Å². The molecule has 3 rings (SSSR count). The summed E-state index contributed by atoms with van der Waals surface area (Å²) in [5, 5.41) is 2.78. The third-order valence-corrected chi connectivity index (χ3v) is 4.21. The number of likely N-dealkylation sites (N-methyl/N-ethyl adjacent to an activating group) is 2. The monoisotopic (exact) mass is 349 g/mol. The molecule has 0 atom stereocenters. The normalized spacial score (nSPS) is 15.4. The first kappa shape index (κ1) is 17.3. The van der Waals surface area contributed by atoms with Crippen molar-refractivity contribution in [1.82, 2.24) is 15.1 Å². The molecule has 1 N–H and O–H groups in total. The second kappa shape index (κ2) is 7.18. The van der Waals surface area contributed by atoms with Crippen molar-refractivity contribution in [1.29, 1.82) is 0 Å². The van der Waals surface area contributed by atoms with Crippen molar-refractivity contribution in [3.8, 4) is 17.2 Å². The molecule has 136 valence electrons. The number of carbonyl (C=O) groups excluding carboxylic acids is 2. The van der Waals surface area contributed by atoms with Crippen LogP contribution < -0.4 is 19.5 Å². The number of carbonyl (C=O) groups is 2. The summed E-state index contributed by atoms with van der Waals surface area (Å²) in [4.78, 5) is 28.2. The van der Waals surface area contributed by atoms with Crippen molar-refractivity contribution >= 4 is 11.8 Å². The first-order valence-corrected chi connectivity index (χ1v) is 8.22. The van der Waals surface area contributed by atoms with Crippen LogP contribution in [0.4, 0.5) is 0 Å². The zero-order valence-electron chi connectivity index (χ0n) is 14.8. The molecule has 0 aromatic heterocycles. The molecule has 0 radical (unpaired) electrons. The van der Waals surface area contributed by atoms with Gasteiger partial charge in [0.2, 0.25) is 12.5 Å². The van der Waals surface area contributed by atoms with Crippen LogP contribution in [0.5, 0.6) is 17.2 Å². The Labute approximate surface area is 146 Å². The van der Waals surface area contributed by atoms with E-state index >= 15 is 0 Å². The van der Waals surface area contributed by atoms with Crippen LogP contribution in [0, 0.1) is 0 Å². The topological polar surface area (TPSA) is 80.3 Å². The number of ether oxygens (including phenoxy) is 3. The van der Waals surface area contributed by atoms with Gasteiger partial charge in [-0.1, -0.05) is 0 Å². The van der Waals surface area contributed by atoms with Crippen LogP contribution in [0.15, 0.2) is 6.07 Å². The van der Waals surface area contributed by atoms with Gasteiger partial charge in [0.15, 0.2) is 18.1 Å². The van der Waals surface area contributed by atoms with Crippen LogP contribution in [0.3, 0.4) is 0 Å². The highest BCUT2D eigenvalue weighted by molar-refractivity contribution is 6.01. The Morgan fingerprint density at radius 2 is 2.20 bits per heavy atom. The Morgan fingerprint density at radius 3 is 2.96 bits per heavy atom. The van der Waals surface area contributed by atoms with Crippen LogP contribution in [-0.2, 0) is 11.2 Å². The summed E-state index contributed by atoms with van der Waals surface area (Å²) < 4.78 is 16.6. The third kappa shape index (κ3) is 3.63. The predicted molar refractivity (Wildman–Crippen MR) is 90.3 cm³/mol. The molecule has 8 nitrogen and oxygen atoms in total. The Kier molecular flexibility index (Phi) is 4.98. The molecular weight excluding hydrogens is 326 g/mol. The van der Waals surface area contributed by atoms with E-state index in [-0.39, 0.29) is 25.2 Å². The summed E-state index contributed by atoms with van der Waals surface area (Å²) in [6.45, 7) is 1.80. The van der Waals surface area contributed by atoms with Gasteiger partial charge >= 0.3 is 0 Å². The molecule has 0 aliphatic carbocycles. The lowest BCUT2D eigenvalue weighted by molar-refractivity contribution is -0.123. The fraction of sp³-hybridized carbons (Fsp3) is 0.529. The summed E-state index contributed by atoms with van der Waals surface area (Å²) in [5.41, 5.74) is 1.31. The molecule has 0 fully saturated rings. The molecule has 0 saturated heterocycles. The SMILES string of the molecule is CN(C)CCNC(=O)COc1c2c(cc3c1C(=O)N(C)CC3)OCO2. The highest BCUT2D eigenvalue weighted by atomic mass is 16.7. The van der Waals surface area contributed by atoms with E-state index in [0.717, 1.165) is 12.1 Å². The van der Waals surface area contributed by atoms with Crippen LogP contribution in [0.2, 0.25) is 0 Å². The molecule has 8 heteroatoms. The quantitative estimate of drug-likeness (QED) is 0.785. The van der Waals surface area contributed by atoms with Crippen LogP contribution in [0.25, 0.3) is 0 Å². The smallest absolute Gasteiger partial charge is 0.257 e. The lowest BCUT2D eigenvalue weighted by atomic mass is 9.97. The molecule has 2 aliphatic heterocycles. The first-order chi connectivity index (χ1) is 12.0. The van der Waals surface area contributed by atoms with E-state index < -0.39 is 0 Å². The number of hydrogen-bond acceptors (Lipinski definition) is 6. The Morgan fingerprint density at radius 1 is 1.40 bits per heavy atom. The Balaban J connectivity index is 1.77. The third-order valence-electron chi connectivity index (χ3n) is 4.21. The molecule has 1 aromatic carbocycles. The minimum absolute atomic E-state index is 0.0770. The van der Waals surface area contributed by atoms with E-state index in [4.69, 9.17) is 14.2 Å². The van der Waals surface area contributed by atoms with Crippen LogP contribution in [0.1, 0.15) is 15.9 Å². The van der Waals surface area contributed by atoms with Crippen molar-refractivity contribution in [3.05, 3.63) is 17.2 Å².